The topological polar surface area (TPSA) is 103 Å². The number of hydrogen-bond acceptors (Lipinski definition) is 6. The Morgan fingerprint density at radius 2 is 1.45 bits per heavy atom. The number of aliphatic hydroxyl groups excluding tert-OH is 2. The van der Waals surface area contributed by atoms with Gasteiger partial charge in [0.25, 0.3) is 0 Å². The van der Waals surface area contributed by atoms with E-state index >= 15 is 0 Å². The number of ether oxygens (including phenoxy) is 2. The summed E-state index contributed by atoms with van der Waals surface area (Å²) in [4.78, 5) is 15.5. The van der Waals surface area contributed by atoms with Crippen molar-refractivity contribution in [3.05, 3.63) is 131 Å². The third-order valence-corrected chi connectivity index (χ3v) is 13.3. The summed E-state index contributed by atoms with van der Waals surface area (Å²) >= 11 is 0. The maximum Gasteiger partial charge on any atom is 0.315 e. The molecular weight excluding hydrogens is 687 g/mol. The van der Waals surface area contributed by atoms with Gasteiger partial charge in [0.1, 0.15) is 0 Å². The van der Waals surface area contributed by atoms with Crippen LogP contribution >= 0.6 is 0 Å². The van der Waals surface area contributed by atoms with Gasteiger partial charge in [0, 0.05) is 36.2 Å². The standard InChI is InChI=1S/C47H57N3O5/c1-30-42(28-50(3)31(2)43(52)37-9-5-4-6-10-37)54-45(55-44(30)38-15-13-32(29-51)14-16-38)39-19-17-36(18-20-39)41-12-8-7-11-40(41)27-48-46(53)49-47-24-33-21-34(25-47)23-35(22-33)26-47/h4-20,30-31,33-35,42-45,51-52H,21-29H2,1-3H3,(H2,48,49,53)/t30-,31-,33?,34?,35?,42+,43-,44+,45+,47?/m1/s1. The molecule has 8 heteroatoms. The van der Waals surface area contributed by atoms with Crippen LogP contribution in [0, 0.1) is 23.7 Å². The third kappa shape index (κ3) is 8.25. The molecule has 0 aromatic heterocycles. The van der Waals surface area contributed by atoms with E-state index in [1.165, 1.54) is 19.3 Å². The van der Waals surface area contributed by atoms with Gasteiger partial charge in [-0.3, -0.25) is 4.90 Å². The van der Waals surface area contributed by atoms with E-state index in [2.05, 4.69) is 58.9 Å². The predicted molar refractivity (Wildman–Crippen MR) is 215 cm³/mol. The molecule has 5 aliphatic rings. The molecule has 4 aromatic carbocycles. The van der Waals surface area contributed by atoms with Crippen molar-refractivity contribution in [3.63, 3.8) is 0 Å². The van der Waals surface area contributed by atoms with E-state index in [9.17, 15) is 15.0 Å². The molecule has 4 aliphatic carbocycles. The van der Waals surface area contributed by atoms with Crippen molar-refractivity contribution in [3.8, 4) is 11.1 Å². The fraction of sp³-hybridized carbons (Fsp3) is 0.468. The molecule has 1 saturated heterocycles. The lowest BCUT2D eigenvalue weighted by Gasteiger charge is -2.56. The Morgan fingerprint density at radius 3 is 2.11 bits per heavy atom. The van der Waals surface area contributed by atoms with E-state index in [1.807, 2.05) is 80.7 Å². The highest BCUT2D eigenvalue weighted by molar-refractivity contribution is 5.76. The molecule has 1 heterocycles. The zero-order valence-corrected chi connectivity index (χ0v) is 32.4. The maximum atomic E-state index is 13.3. The summed E-state index contributed by atoms with van der Waals surface area (Å²) in [6.45, 7) is 5.25. The van der Waals surface area contributed by atoms with Gasteiger partial charge >= 0.3 is 6.03 Å². The SMILES string of the molecule is C[C@@H]1[C@H](CN(C)[C@H](C)[C@@H](O)c2ccccc2)O[C@H](c2ccc(-c3ccccc3CNC(=O)NC34CC5CC(CC(C5)C3)C4)cc2)O[C@@H]1c1ccc(CO)cc1. The van der Waals surface area contributed by atoms with Gasteiger partial charge in [-0.2, -0.15) is 0 Å². The Morgan fingerprint density at radius 1 is 0.836 bits per heavy atom. The molecule has 4 N–H and O–H groups in total. The molecule has 0 unspecified atom stereocenters. The van der Waals surface area contributed by atoms with Crippen molar-refractivity contribution in [1.82, 2.24) is 15.5 Å². The molecule has 2 amide bonds. The molecule has 0 radical (unpaired) electrons. The zero-order valence-electron chi connectivity index (χ0n) is 32.4. The highest BCUT2D eigenvalue weighted by Gasteiger charge is 2.51. The monoisotopic (exact) mass is 743 g/mol. The van der Waals surface area contributed by atoms with Crippen molar-refractivity contribution >= 4 is 6.03 Å². The lowest BCUT2D eigenvalue weighted by Crippen LogP contribution is -2.61. The largest absolute Gasteiger partial charge is 0.392 e. The second-order valence-electron chi connectivity index (χ2n) is 17.1. The molecule has 6 atom stereocenters. The number of nitrogens with zero attached hydrogens (tertiary/aromatic N) is 1. The summed E-state index contributed by atoms with van der Waals surface area (Å²) in [5, 5.41) is 27.6. The quantitative estimate of drug-likeness (QED) is 0.116. The zero-order chi connectivity index (χ0) is 38.1. The molecule has 0 spiro atoms. The van der Waals surface area contributed by atoms with Crippen LogP contribution in [-0.2, 0) is 22.6 Å². The third-order valence-electron chi connectivity index (χ3n) is 13.3. The Bertz CT molecular complexity index is 1860. The van der Waals surface area contributed by atoms with Crippen LogP contribution in [0.2, 0.25) is 0 Å². The lowest BCUT2D eigenvalue weighted by molar-refractivity contribution is -0.276. The van der Waals surface area contributed by atoms with Gasteiger partial charge in [-0.05, 0) is 104 Å². The van der Waals surface area contributed by atoms with E-state index in [0.29, 0.717) is 13.1 Å². The number of hydrogen-bond donors (Lipinski definition) is 4. The molecule has 4 saturated carbocycles. The molecule has 1 aliphatic heterocycles. The van der Waals surface area contributed by atoms with Crippen LogP contribution in [0.15, 0.2) is 103 Å². The number of rotatable bonds is 12. The van der Waals surface area contributed by atoms with E-state index in [4.69, 9.17) is 9.47 Å². The van der Waals surface area contributed by atoms with Crippen LogP contribution in [0.1, 0.15) is 98.7 Å². The van der Waals surface area contributed by atoms with Gasteiger partial charge in [0.05, 0.1) is 24.9 Å². The Kier molecular flexibility index (Phi) is 11.2. The van der Waals surface area contributed by atoms with Gasteiger partial charge in [0.15, 0.2) is 6.29 Å². The number of nitrogens with one attached hydrogen (secondary N) is 2. The first-order valence-corrected chi connectivity index (χ1v) is 20.3. The summed E-state index contributed by atoms with van der Waals surface area (Å²) in [6, 6.07) is 34.2. The predicted octanol–water partition coefficient (Wildman–Crippen LogP) is 8.46. The summed E-state index contributed by atoms with van der Waals surface area (Å²) in [5.74, 6) is 2.35. The summed E-state index contributed by atoms with van der Waals surface area (Å²) < 4.78 is 13.5. The maximum absolute atomic E-state index is 13.3. The fourth-order valence-electron chi connectivity index (χ4n) is 10.4. The highest BCUT2D eigenvalue weighted by Crippen LogP contribution is 2.55. The van der Waals surface area contributed by atoms with E-state index in [-0.39, 0.29) is 42.3 Å². The molecule has 8 nitrogen and oxygen atoms in total. The number of likely N-dealkylation sites (N-methyl/N-ethyl adjacent to an activating group) is 1. The Balaban J connectivity index is 0.967. The van der Waals surface area contributed by atoms with Crippen LogP contribution in [0.5, 0.6) is 0 Å². The van der Waals surface area contributed by atoms with Crippen molar-refractivity contribution in [2.75, 3.05) is 13.6 Å². The number of aliphatic hydroxyl groups is 2. The van der Waals surface area contributed by atoms with Crippen molar-refractivity contribution < 1.29 is 24.5 Å². The van der Waals surface area contributed by atoms with Crippen LogP contribution in [0.25, 0.3) is 11.1 Å². The van der Waals surface area contributed by atoms with E-state index < -0.39 is 12.4 Å². The number of urea groups is 1. The minimum Gasteiger partial charge on any atom is -0.392 e. The number of carbonyl (C=O) groups is 1. The molecule has 4 bridgehead atoms. The first-order chi connectivity index (χ1) is 26.7. The van der Waals surface area contributed by atoms with E-state index in [0.717, 1.165) is 76.0 Å². The average Bonchev–Trinajstić information content (AvgIpc) is 3.20. The molecule has 290 valence electrons. The molecule has 4 aromatic rings. The van der Waals surface area contributed by atoms with Gasteiger partial charge in [-0.15, -0.1) is 0 Å². The molecular formula is C47H57N3O5. The van der Waals surface area contributed by atoms with Crippen LogP contribution in [0.3, 0.4) is 0 Å². The number of amides is 2. The highest BCUT2D eigenvalue weighted by atomic mass is 16.7. The van der Waals surface area contributed by atoms with Crippen LogP contribution in [0.4, 0.5) is 4.79 Å². The minimum absolute atomic E-state index is 0.0112. The Hall–Kier alpha value is -4.05. The molecule has 55 heavy (non-hydrogen) atoms. The van der Waals surface area contributed by atoms with Crippen LogP contribution < -0.4 is 10.6 Å². The molecule has 9 rings (SSSR count). The second kappa shape index (κ2) is 16.2. The van der Waals surface area contributed by atoms with Gasteiger partial charge in [0.2, 0.25) is 0 Å². The normalized spacial score (nSPS) is 29.5. The van der Waals surface area contributed by atoms with Gasteiger partial charge < -0.3 is 30.3 Å². The summed E-state index contributed by atoms with van der Waals surface area (Å²) in [6.07, 6.45) is 5.78. The van der Waals surface area contributed by atoms with Crippen molar-refractivity contribution in [2.24, 2.45) is 23.7 Å². The number of benzene rings is 4. The minimum atomic E-state index is -0.638. The Labute approximate surface area is 326 Å². The average molecular weight is 744 g/mol. The fourth-order valence-corrected chi connectivity index (χ4v) is 10.4. The summed E-state index contributed by atoms with van der Waals surface area (Å²) in [7, 11) is 2.04. The second-order valence-corrected chi connectivity index (χ2v) is 17.1. The van der Waals surface area contributed by atoms with Crippen molar-refractivity contribution in [2.45, 2.75) is 102 Å². The first-order valence-electron chi connectivity index (χ1n) is 20.3. The van der Waals surface area contributed by atoms with Gasteiger partial charge in [-0.1, -0.05) is 110 Å². The summed E-state index contributed by atoms with van der Waals surface area (Å²) in [5.41, 5.74) is 6.88. The van der Waals surface area contributed by atoms with Crippen LogP contribution in [-0.4, -0.2) is 52.4 Å². The van der Waals surface area contributed by atoms with Gasteiger partial charge in [-0.25, -0.2) is 4.79 Å². The van der Waals surface area contributed by atoms with Crippen molar-refractivity contribution in [1.29, 1.82) is 0 Å². The molecule has 5 fully saturated rings. The van der Waals surface area contributed by atoms with E-state index in [1.54, 1.807) is 0 Å². The smallest absolute Gasteiger partial charge is 0.315 e. The lowest BCUT2D eigenvalue weighted by atomic mass is 9.53. The first kappa shape index (κ1) is 37.9. The number of carbonyl (C=O) groups excluding carboxylic acids is 1.